The third kappa shape index (κ3) is 4.65. The van der Waals surface area contributed by atoms with E-state index in [0.29, 0.717) is 18.9 Å². The van der Waals surface area contributed by atoms with Gasteiger partial charge in [-0.3, -0.25) is 4.79 Å². The van der Waals surface area contributed by atoms with Crippen LogP contribution in [0.5, 0.6) is 5.75 Å². The van der Waals surface area contributed by atoms with Gasteiger partial charge in [-0.1, -0.05) is 18.2 Å². The maximum atomic E-state index is 11.5. The molecule has 2 rings (SSSR count). The van der Waals surface area contributed by atoms with Crippen LogP contribution in [0.4, 0.5) is 0 Å². The van der Waals surface area contributed by atoms with Crippen LogP contribution in [0.1, 0.15) is 5.56 Å². The molecule has 5 heteroatoms. The summed E-state index contributed by atoms with van der Waals surface area (Å²) in [7, 11) is 0. The Balaban J connectivity index is 1.95. The molecule has 1 aromatic carbocycles. The van der Waals surface area contributed by atoms with Crippen molar-refractivity contribution < 1.29 is 14.6 Å². The van der Waals surface area contributed by atoms with Crippen LogP contribution in [-0.4, -0.2) is 22.2 Å². The molecule has 1 heterocycles. The zero-order valence-corrected chi connectivity index (χ0v) is 11.3. The smallest absolute Gasteiger partial charge is 0.328 e. The van der Waals surface area contributed by atoms with Gasteiger partial charge >= 0.3 is 5.97 Å². The van der Waals surface area contributed by atoms with Gasteiger partial charge in [0.05, 0.1) is 6.54 Å². The molecular weight excluding hydrogens is 270 g/mol. The molecule has 0 radical (unpaired) electrons. The fourth-order valence-electron chi connectivity index (χ4n) is 1.78. The lowest BCUT2D eigenvalue weighted by molar-refractivity contribution is -0.131. The molecule has 0 spiro atoms. The number of carboxylic acids is 1. The number of carboxylic acid groups (broad SMARTS) is 1. The predicted molar refractivity (Wildman–Crippen MR) is 79.3 cm³/mol. The average Bonchev–Trinajstić information content (AvgIpc) is 2.48. The van der Waals surface area contributed by atoms with Gasteiger partial charge in [0.25, 0.3) is 5.56 Å². The van der Waals surface area contributed by atoms with Crippen LogP contribution < -0.4 is 10.3 Å². The van der Waals surface area contributed by atoms with Crippen molar-refractivity contribution in [3.05, 3.63) is 70.7 Å². The monoisotopic (exact) mass is 285 g/mol. The topological polar surface area (TPSA) is 68.5 Å². The Kier molecular flexibility index (Phi) is 4.93. The minimum absolute atomic E-state index is 0.0701. The highest BCUT2D eigenvalue weighted by atomic mass is 16.5. The number of aromatic nitrogens is 1. The largest absolute Gasteiger partial charge is 0.492 e. The highest BCUT2D eigenvalue weighted by Gasteiger charge is 1.97. The van der Waals surface area contributed by atoms with E-state index in [4.69, 9.17) is 9.84 Å². The summed E-state index contributed by atoms with van der Waals surface area (Å²) in [6.45, 7) is 0.810. The summed E-state index contributed by atoms with van der Waals surface area (Å²) in [6, 6.07) is 12.1. The Morgan fingerprint density at radius 2 is 2.10 bits per heavy atom. The Hall–Kier alpha value is -2.82. The lowest BCUT2D eigenvalue weighted by Gasteiger charge is -2.08. The summed E-state index contributed by atoms with van der Waals surface area (Å²) in [6.07, 6.45) is 4.28. The molecule has 0 aliphatic carbocycles. The normalized spacial score (nSPS) is 10.7. The molecule has 0 fully saturated rings. The lowest BCUT2D eigenvalue weighted by atomic mass is 10.2. The van der Waals surface area contributed by atoms with Crippen LogP contribution in [0, 0.1) is 0 Å². The second-order valence-corrected chi connectivity index (χ2v) is 4.32. The number of aliphatic carboxylic acids is 1. The van der Waals surface area contributed by atoms with Crippen LogP contribution in [0.25, 0.3) is 6.08 Å². The summed E-state index contributed by atoms with van der Waals surface area (Å²) in [5.74, 6) is -0.365. The number of nitrogens with zero attached hydrogens (tertiary/aromatic N) is 1. The van der Waals surface area contributed by atoms with Crippen molar-refractivity contribution in [3.8, 4) is 5.75 Å². The van der Waals surface area contributed by atoms with E-state index < -0.39 is 5.97 Å². The Labute approximate surface area is 121 Å². The number of hydrogen-bond acceptors (Lipinski definition) is 3. The van der Waals surface area contributed by atoms with Crippen LogP contribution >= 0.6 is 0 Å². The van der Waals surface area contributed by atoms with E-state index in [1.54, 1.807) is 47.2 Å². The van der Waals surface area contributed by atoms with Crippen molar-refractivity contribution in [3.63, 3.8) is 0 Å². The molecule has 0 atom stereocenters. The van der Waals surface area contributed by atoms with Crippen molar-refractivity contribution in [2.75, 3.05) is 6.61 Å². The zero-order valence-electron chi connectivity index (χ0n) is 11.3. The summed E-state index contributed by atoms with van der Waals surface area (Å²) in [5.41, 5.74) is 0.672. The van der Waals surface area contributed by atoms with Crippen LogP contribution in [0.2, 0.25) is 0 Å². The fraction of sp³-hybridized carbons (Fsp3) is 0.125. The first-order chi connectivity index (χ1) is 10.1. The molecule has 0 aliphatic heterocycles. The fourth-order valence-corrected chi connectivity index (χ4v) is 1.78. The van der Waals surface area contributed by atoms with E-state index in [-0.39, 0.29) is 5.56 Å². The average molecular weight is 285 g/mol. The van der Waals surface area contributed by atoms with E-state index in [1.807, 2.05) is 0 Å². The first-order valence-corrected chi connectivity index (χ1v) is 6.44. The molecule has 1 N–H and O–H groups in total. The molecule has 0 aliphatic rings. The third-order valence-electron chi connectivity index (χ3n) is 2.78. The van der Waals surface area contributed by atoms with Gasteiger partial charge in [-0.25, -0.2) is 4.79 Å². The molecule has 0 bridgehead atoms. The number of benzene rings is 1. The molecule has 0 unspecified atom stereocenters. The highest BCUT2D eigenvalue weighted by Crippen LogP contribution is 2.14. The van der Waals surface area contributed by atoms with Crippen molar-refractivity contribution >= 4 is 12.0 Å². The first-order valence-electron chi connectivity index (χ1n) is 6.44. The van der Waals surface area contributed by atoms with Gasteiger partial charge in [0.1, 0.15) is 12.4 Å². The quantitative estimate of drug-likeness (QED) is 0.824. The van der Waals surface area contributed by atoms with Crippen molar-refractivity contribution in [1.82, 2.24) is 4.57 Å². The standard InChI is InChI=1S/C16H15NO4/c18-15-6-1-2-9-17(15)10-11-21-14-5-3-4-13(12-14)7-8-16(19)20/h1-9,12H,10-11H2,(H,19,20)/b8-7+. The van der Waals surface area contributed by atoms with Crippen molar-refractivity contribution in [2.24, 2.45) is 0 Å². The van der Waals surface area contributed by atoms with E-state index in [1.165, 1.54) is 12.1 Å². The molecule has 0 amide bonds. The predicted octanol–water partition coefficient (Wildman–Crippen LogP) is 2.03. The van der Waals surface area contributed by atoms with Gasteiger partial charge in [0, 0.05) is 18.3 Å². The summed E-state index contributed by atoms with van der Waals surface area (Å²) in [5, 5.41) is 8.59. The van der Waals surface area contributed by atoms with Crippen LogP contribution in [0.3, 0.4) is 0 Å². The molecule has 0 saturated heterocycles. The number of rotatable bonds is 6. The minimum atomic E-state index is -0.996. The molecule has 2 aromatic rings. The molecule has 21 heavy (non-hydrogen) atoms. The second kappa shape index (κ2) is 7.09. The maximum absolute atomic E-state index is 11.5. The van der Waals surface area contributed by atoms with Gasteiger partial charge in [-0.2, -0.15) is 0 Å². The van der Waals surface area contributed by atoms with E-state index in [9.17, 15) is 9.59 Å². The van der Waals surface area contributed by atoms with Gasteiger partial charge in [-0.15, -0.1) is 0 Å². The summed E-state index contributed by atoms with van der Waals surface area (Å²) >= 11 is 0. The van der Waals surface area contributed by atoms with Gasteiger partial charge in [0.15, 0.2) is 0 Å². The second-order valence-electron chi connectivity index (χ2n) is 4.32. The summed E-state index contributed by atoms with van der Waals surface area (Å²) < 4.78 is 7.14. The molecule has 108 valence electrons. The Morgan fingerprint density at radius 3 is 2.86 bits per heavy atom. The van der Waals surface area contributed by atoms with Gasteiger partial charge in [0.2, 0.25) is 0 Å². The van der Waals surface area contributed by atoms with Crippen molar-refractivity contribution in [1.29, 1.82) is 0 Å². The Bertz CT molecular complexity index is 703. The number of ether oxygens (including phenoxy) is 1. The Morgan fingerprint density at radius 1 is 1.24 bits per heavy atom. The minimum Gasteiger partial charge on any atom is -0.492 e. The van der Waals surface area contributed by atoms with E-state index in [2.05, 4.69) is 0 Å². The number of pyridine rings is 1. The van der Waals surface area contributed by atoms with Crippen LogP contribution in [-0.2, 0) is 11.3 Å². The molecule has 5 nitrogen and oxygen atoms in total. The van der Waals surface area contributed by atoms with E-state index >= 15 is 0 Å². The third-order valence-corrected chi connectivity index (χ3v) is 2.78. The molecule has 1 aromatic heterocycles. The lowest BCUT2D eigenvalue weighted by Crippen LogP contribution is -2.21. The zero-order chi connectivity index (χ0) is 15.1. The van der Waals surface area contributed by atoms with Gasteiger partial charge < -0.3 is 14.4 Å². The number of carbonyl (C=O) groups is 1. The maximum Gasteiger partial charge on any atom is 0.328 e. The molecule has 0 saturated carbocycles. The van der Waals surface area contributed by atoms with Crippen molar-refractivity contribution in [2.45, 2.75) is 6.54 Å². The number of hydrogen-bond donors (Lipinski definition) is 1. The van der Waals surface area contributed by atoms with Gasteiger partial charge in [-0.05, 0) is 29.8 Å². The first kappa shape index (κ1) is 14.6. The summed E-state index contributed by atoms with van der Waals surface area (Å²) in [4.78, 5) is 22.0. The van der Waals surface area contributed by atoms with Crippen LogP contribution in [0.15, 0.2) is 59.5 Å². The SMILES string of the molecule is O=C(O)/C=C/c1cccc(OCCn2ccccc2=O)c1. The van der Waals surface area contributed by atoms with E-state index in [0.717, 1.165) is 11.6 Å². The highest BCUT2D eigenvalue weighted by molar-refractivity contribution is 5.85. The molecular formula is C16H15NO4.